The maximum Gasteiger partial charge on any atom is 0.273 e. The van der Waals surface area contributed by atoms with E-state index in [1.54, 1.807) is 6.92 Å². The SMILES string of the molecule is Cc1[nH]nc(C(=O)NCC2CCCS2)c1N. The van der Waals surface area contributed by atoms with Crippen molar-refractivity contribution in [1.29, 1.82) is 0 Å². The van der Waals surface area contributed by atoms with E-state index in [1.165, 1.54) is 18.6 Å². The lowest BCUT2D eigenvalue weighted by molar-refractivity contribution is 0.0949. The predicted octanol–water partition coefficient (Wildman–Crippen LogP) is 0.926. The number of thioether (sulfide) groups is 1. The number of rotatable bonds is 3. The maximum atomic E-state index is 11.8. The minimum atomic E-state index is -0.186. The number of carbonyl (C=O) groups excluding carboxylic acids is 1. The first-order valence-corrected chi connectivity index (χ1v) is 6.43. The molecule has 1 fully saturated rings. The molecule has 1 amide bonds. The summed E-state index contributed by atoms with van der Waals surface area (Å²) in [7, 11) is 0. The van der Waals surface area contributed by atoms with Crippen LogP contribution < -0.4 is 11.1 Å². The standard InChI is InChI=1S/C10H16N4OS/c1-6-8(11)9(14-13-6)10(15)12-5-7-3-2-4-16-7/h7H,2-5,11H2,1H3,(H,12,15)(H,13,14). The topological polar surface area (TPSA) is 83.8 Å². The molecule has 16 heavy (non-hydrogen) atoms. The summed E-state index contributed by atoms with van der Waals surface area (Å²) in [5, 5.41) is 10.0. The molecule has 2 rings (SSSR count). The third kappa shape index (κ3) is 2.32. The molecule has 1 unspecified atom stereocenters. The summed E-state index contributed by atoms with van der Waals surface area (Å²) in [5.41, 5.74) is 7.21. The zero-order chi connectivity index (χ0) is 11.5. The minimum Gasteiger partial charge on any atom is -0.395 e. The van der Waals surface area contributed by atoms with Crippen molar-refractivity contribution in [2.45, 2.75) is 25.0 Å². The van der Waals surface area contributed by atoms with Gasteiger partial charge in [-0.05, 0) is 25.5 Å². The molecule has 0 bridgehead atoms. The van der Waals surface area contributed by atoms with Crippen LogP contribution in [0.5, 0.6) is 0 Å². The predicted molar refractivity (Wildman–Crippen MR) is 65.6 cm³/mol. The molecule has 1 aliphatic rings. The molecule has 1 aliphatic heterocycles. The number of anilines is 1. The number of aromatic amines is 1. The summed E-state index contributed by atoms with van der Waals surface area (Å²) >= 11 is 1.91. The second-order valence-electron chi connectivity index (χ2n) is 3.96. The van der Waals surface area contributed by atoms with Gasteiger partial charge < -0.3 is 11.1 Å². The Bertz CT molecular complexity index is 384. The van der Waals surface area contributed by atoms with Gasteiger partial charge in [-0.2, -0.15) is 16.9 Å². The summed E-state index contributed by atoms with van der Waals surface area (Å²) in [6.45, 7) is 2.50. The van der Waals surface area contributed by atoms with Crippen molar-refractivity contribution >= 4 is 23.4 Å². The fourth-order valence-electron chi connectivity index (χ4n) is 1.71. The Balaban J connectivity index is 1.90. The van der Waals surface area contributed by atoms with Gasteiger partial charge in [-0.25, -0.2) is 0 Å². The lowest BCUT2D eigenvalue weighted by Crippen LogP contribution is -2.30. The molecule has 0 spiro atoms. The van der Waals surface area contributed by atoms with Gasteiger partial charge in [-0.3, -0.25) is 9.89 Å². The Hall–Kier alpha value is -1.17. The number of hydrogen-bond donors (Lipinski definition) is 3. The Morgan fingerprint density at radius 2 is 2.56 bits per heavy atom. The molecule has 0 saturated carbocycles. The number of nitrogens with zero attached hydrogens (tertiary/aromatic N) is 1. The van der Waals surface area contributed by atoms with Gasteiger partial charge in [-0.15, -0.1) is 0 Å². The van der Waals surface area contributed by atoms with Crippen molar-refractivity contribution in [3.63, 3.8) is 0 Å². The molecule has 4 N–H and O–H groups in total. The lowest BCUT2D eigenvalue weighted by Gasteiger charge is -2.09. The number of amides is 1. The van der Waals surface area contributed by atoms with Crippen molar-refractivity contribution in [3.8, 4) is 0 Å². The van der Waals surface area contributed by atoms with Crippen LogP contribution in [0.15, 0.2) is 0 Å². The van der Waals surface area contributed by atoms with Crippen LogP contribution in [0.3, 0.4) is 0 Å². The second-order valence-corrected chi connectivity index (χ2v) is 5.36. The molecule has 1 saturated heterocycles. The molecule has 2 heterocycles. The summed E-state index contributed by atoms with van der Waals surface area (Å²) in [6, 6.07) is 0. The molecule has 0 radical (unpaired) electrons. The van der Waals surface area contributed by atoms with Gasteiger partial charge in [0, 0.05) is 11.8 Å². The molecular weight excluding hydrogens is 224 g/mol. The molecule has 1 aromatic heterocycles. The summed E-state index contributed by atoms with van der Waals surface area (Å²) < 4.78 is 0. The highest BCUT2D eigenvalue weighted by molar-refractivity contribution is 8.00. The number of nitrogens with two attached hydrogens (primary N) is 1. The quantitative estimate of drug-likeness (QED) is 0.733. The first-order valence-electron chi connectivity index (χ1n) is 5.38. The number of aromatic nitrogens is 2. The van der Waals surface area contributed by atoms with Crippen LogP contribution in [0.25, 0.3) is 0 Å². The number of nitrogen functional groups attached to an aromatic ring is 1. The molecule has 0 aromatic carbocycles. The van der Waals surface area contributed by atoms with Gasteiger partial charge in [0.15, 0.2) is 5.69 Å². The van der Waals surface area contributed by atoms with E-state index in [1.807, 2.05) is 11.8 Å². The fraction of sp³-hybridized carbons (Fsp3) is 0.600. The van der Waals surface area contributed by atoms with Gasteiger partial charge in [0.25, 0.3) is 5.91 Å². The highest BCUT2D eigenvalue weighted by Crippen LogP contribution is 2.25. The van der Waals surface area contributed by atoms with Gasteiger partial charge in [0.1, 0.15) is 0 Å². The molecule has 6 heteroatoms. The number of hydrogen-bond acceptors (Lipinski definition) is 4. The van der Waals surface area contributed by atoms with E-state index in [9.17, 15) is 4.79 Å². The van der Waals surface area contributed by atoms with Crippen LogP contribution in [0.1, 0.15) is 29.0 Å². The number of H-pyrrole nitrogens is 1. The zero-order valence-corrected chi connectivity index (χ0v) is 10.1. The van der Waals surface area contributed by atoms with Crippen molar-refractivity contribution < 1.29 is 4.79 Å². The largest absolute Gasteiger partial charge is 0.395 e. The van der Waals surface area contributed by atoms with Crippen molar-refractivity contribution in [2.75, 3.05) is 18.0 Å². The first-order chi connectivity index (χ1) is 7.68. The van der Waals surface area contributed by atoms with Gasteiger partial charge in [-0.1, -0.05) is 0 Å². The normalized spacial score (nSPS) is 19.9. The summed E-state index contributed by atoms with van der Waals surface area (Å²) in [6.07, 6.45) is 2.43. The lowest BCUT2D eigenvalue weighted by atomic mass is 10.2. The van der Waals surface area contributed by atoms with Crippen LogP contribution in [0.4, 0.5) is 5.69 Å². The van der Waals surface area contributed by atoms with E-state index in [4.69, 9.17) is 5.73 Å². The van der Waals surface area contributed by atoms with Crippen molar-refractivity contribution in [2.24, 2.45) is 0 Å². The van der Waals surface area contributed by atoms with Crippen LogP contribution in [-0.4, -0.2) is 33.7 Å². The number of carbonyl (C=O) groups is 1. The van der Waals surface area contributed by atoms with E-state index in [2.05, 4.69) is 15.5 Å². The minimum absolute atomic E-state index is 0.186. The van der Waals surface area contributed by atoms with Crippen LogP contribution >= 0.6 is 11.8 Å². The van der Waals surface area contributed by atoms with Crippen molar-refractivity contribution in [1.82, 2.24) is 15.5 Å². The number of nitrogens with one attached hydrogen (secondary N) is 2. The molecule has 0 aliphatic carbocycles. The Morgan fingerprint density at radius 1 is 1.75 bits per heavy atom. The molecule has 1 atom stereocenters. The van der Waals surface area contributed by atoms with Gasteiger partial charge in [0.2, 0.25) is 0 Å². The average molecular weight is 240 g/mol. The smallest absolute Gasteiger partial charge is 0.273 e. The van der Waals surface area contributed by atoms with E-state index in [0.717, 1.165) is 5.69 Å². The van der Waals surface area contributed by atoms with E-state index in [0.29, 0.717) is 23.2 Å². The monoisotopic (exact) mass is 240 g/mol. The first kappa shape index (κ1) is 11.3. The second kappa shape index (κ2) is 4.78. The van der Waals surface area contributed by atoms with E-state index >= 15 is 0 Å². The fourth-order valence-corrected chi connectivity index (χ4v) is 2.91. The Kier molecular flexibility index (Phi) is 3.38. The molecule has 88 valence electrons. The highest BCUT2D eigenvalue weighted by atomic mass is 32.2. The average Bonchev–Trinajstić information content (AvgIpc) is 2.88. The van der Waals surface area contributed by atoms with Crippen LogP contribution in [0, 0.1) is 6.92 Å². The van der Waals surface area contributed by atoms with E-state index in [-0.39, 0.29) is 5.91 Å². The Labute approximate surface area is 98.6 Å². The molecule has 1 aromatic rings. The Morgan fingerprint density at radius 3 is 3.12 bits per heavy atom. The third-order valence-electron chi connectivity index (χ3n) is 2.72. The van der Waals surface area contributed by atoms with E-state index < -0.39 is 0 Å². The molecular formula is C10H16N4OS. The van der Waals surface area contributed by atoms with Crippen molar-refractivity contribution in [3.05, 3.63) is 11.4 Å². The van der Waals surface area contributed by atoms with Crippen LogP contribution in [-0.2, 0) is 0 Å². The molecule has 5 nitrogen and oxygen atoms in total. The van der Waals surface area contributed by atoms with Gasteiger partial charge in [0.05, 0.1) is 11.4 Å². The number of aryl methyl sites for hydroxylation is 1. The van der Waals surface area contributed by atoms with Crippen LogP contribution in [0.2, 0.25) is 0 Å². The highest BCUT2D eigenvalue weighted by Gasteiger charge is 2.19. The summed E-state index contributed by atoms with van der Waals surface area (Å²) in [4.78, 5) is 11.8. The van der Waals surface area contributed by atoms with Gasteiger partial charge >= 0.3 is 0 Å². The third-order valence-corrected chi connectivity index (χ3v) is 4.12. The maximum absolute atomic E-state index is 11.8. The summed E-state index contributed by atoms with van der Waals surface area (Å²) in [5.74, 6) is 1.01. The zero-order valence-electron chi connectivity index (χ0n) is 9.25.